The Labute approximate surface area is 172 Å². The van der Waals surface area contributed by atoms with Crippen LogP contribution in [0.3, 0.4) is 0 Å². The molecule has 0 aromatic heterocycles. The summed E-state index contributed by atoms with van der Waals surface area (Å²) in [5.41, 5.74) is 1.33. The normalized spacial score (nSPS) is 10.3. The van der Waals surface area contributed by atoms with Gasteiger partial charge in [0.25, 0.3) is 5.91 Å². The lowest BCUT2D eigenvalue weighted by Gasteiger charge is -2.09. The molecule has 0 saturated carbocycles. The molecule has 5 nitrogen and oxygen atoms in total. The zero-order chi connectivity index (χ0) is 21.3. The molecule has 0 aliphatic rings. The van der Waals surface area contributed by atoms with Gasteiger partial charge in [-0.05, 0) is 42.0 Å². The van der Waals surface area contributed by atoms with Gasteiger partial charge in [-0.15, -0.1) is 0 Å². The predicted octanol–water partition coefficient (Wildman–Crippen LogP) is 4.02. The summed E-state index contributed by atoms with van der Waals surface area (Å²) in [6.45, 7) is -0.291. The zero-order valence-electron chi connectivity index (χ0n) is 15.9. The topological polar surface area (TPSA) is 64.6 Å². The third-order valence-corrected chi connectivity index (χ3v) is 4.16. The van der Waals surface area contributed by atoms with Crippen LogP contribution in [0.5, 0.6) is 5.75 Å². The minimum atomic E-state index is -0.691. The van der Waals surface area contributed by atoms with E-state index in [1.807, 2.05) is 0 Å². The first-order valence-corrected chi connectivity index (χ1v) is 9.16. The molecule has 0 bridgehead atoms. The molecule has 3 aromatic rings. The van der Waals surface area contributed by atoms with Gasteiger partial charge in [-0.25, -0.2) is 13.6 Å². The molecule has 0 spiro atoms. The maximum Gasteiger partial charge on any atom is 0.338 e. The lowest BCUT2D eigenvalue weighted by Crippen LogP contribution is -2.28. The van der Waals surface area contributed by atoms with Crippen molar-refractivity contribution in [3.8, 4) is 5.75 Å². The zero-order valence-corrected chi connectivity index (χ0v) is 15.9. The molecule has 7 heteroatoms. The van der Waals surface area contributed by atoms with Crippen molar-refractivity contribution in [2.75, 3.05) is 6.61 Å². The molecule has 3 aromatic carbocycles. The van der Waals surface area contributed by atoms with Crippen LogP contribution >= 0.6 is 0 Å². The van der Waals surface area contributed by atoms with E-state index in [4.69, 9.17) is 9.47 Å². The molecule has 154 valence electrons. The van der Waals surface area contributed by atoms with E-state index in [-0.39, 0.29) is 24.5 Å². The lowest BCUT2D eigenvalue weighted by atomic mass is 10.2. The largest absolute Gasteiger partial charge is 0.489 e. The van der Waals surface area contributed by atoms with Crippen molar-refractivity contribution >= 4 is 11.9 Å². The standard InChI is InChI=1S/C23H19F2NO4/c24-19-10-8-16(9-11-19)14-29-20-6-3-5-17(12-20)23(28)30-15-22(27)26-13-18-4-1-2-7-21(18)25/h1-12H,13-15H2,(H,26,27). The van der Waals surface area contributed by atoms with Gasteiger partial charge in [-0.1, -0.05) is 36.4 Å². The Balaban J connectivity index is 1.48. The number of ether oxygens (including phenoxy) is 2. The fourth-order valence-corrected chi connectivity index (χ4v) is 2.56. The van der Waals surface area contributed by atoms with Gasteiger partial charge in [0.15, 0.2) is 6.61 Å². The molecule has 0 radical (unpaired) electrons. The summed E-state index contributed by atoms with van der Waals surface area (Å²) < 4.78 is 37.1. The molecule has 0 heterocycles. The van der Waals surface area contributed by atoms with Crippen LogP contribution in [0.1, 0.15) is 21.5 Å². The van der Waals surface area contributed by atoms with E-state index in [1.54, 1.807) is 42.5 Å². The third-order valence-electron chi connectivity index (χ3n) is 4.16. The number of halogens is 2. The minimum absolute atomic E-state index is 0.00420. The first kappa shape index (κ1) is 21.0. The predicted molar refractivity (Wildman–Crippen MR) is 106 cm³/mol. The van der Waals surface area contributed by atoms with Gasteiger partial charge in [0.05, 0.1) is 5.56 Å². The molecule has 0 aliphatic carbocycles. The molecule has 0 unspecified atom stereocenters. The Morgan fingerprint density at radius 2 is 1.67 bits per heavy atom. The van der Waals surface area contributed by atoms with Gasteiger partial charge < -0.3 is 14.8 Å². The second-order valence-electron chi connectivity index (χ2n) is 6.39. The summed E-state index contributed by atoms with van der Waals surface area (Å²) in [6.07, 6.45) is 0. The first-order chi connectivity index (χ1) is 14.5. The van der Waals surface area contributed by atoms with Gasteiger partial charge in [-0.2, -0.15) is 0 Å². The van der Waals surface area contributed by atoms with Crippen LogP contribution in [-0.2, 0) is 22.7 Å². The third kappa shape index (κ3) is 6.13. The summed E-state index contributed by atoms with van der Waals surface area (Å²) in [5.74, 6) is -1.56. The van der Waals surface area contributed by atoms with Crippen LogP contribution in [0.4, 0.5) is 8.78 Å². The van der Waals surface area contributed by atoms with Crippen molar-refractivity contribution < 1.29 is 27.8 Å². The van der Waals surface area contributed by atoms with E-state index < -0.39 is 24.3 Å². The van der Waals surface area contributed by atoms with E-state index in [0.29, 0.717) is 11.3 Å². The average Bonchev–Trinajstić information content (AvgIpc) is 2.76. The minimum Gasteiger partial charge on any atom is -0.489 e. The van der Waals surface area contributed by atoms with Crippen LogP contribution in [-0.4, -0.2) is 18.5 Å². The van der Waals surface area contributed by atoms with Crippen molar-refractivity contribution in [1.29, 1.82) is 0 Å². The number of amides is 1. The summed E-state index contributed by atoms with van der Waals surface area (Å²) in [6, 6.07) is 18.3. The van der Waals surface area contributed by atoms with Gasteiger partial charge in [0.1, 0.15) is 24.0 Å². The average molecular weight is 411 g/mol. The number of hydrogen-bond acceptors (Lipinski definition) is 4. The molecule has 0 atom stereocenters. The Morgan fingerprint density at radius 3 is 2.43 bits per heavy atom. The monoisotopic (exact) mass is 411 g/mol. The molecular formula is C23H19F2NO4. The Bertz CT molecular complexity index is 1020. The van der Waals surface area contributed by atoms with Crippen LogP contribution < -0.4 is 10.1 Å². The molecular weight excluding hydrogens is 392 g/mol. The van der Waals surface area contributed by atoms with Crippen molar-refractivity contribution in [2.45, 2.75) is 13.2 Å². The fourth-order valence-electron chi connectivity index (χ4n) is 2.56. The van der Waals surface area contributed by atoms with Crippen molar-refractivity contribution in [3.63, 3.8) is 0 Å². The highest BCUT2D eigenvalue weighted by atomic mass is 19.1. The Kier molecular flexibility index (Phi) is 7.10. The van der Waals surface area contributed by atoms with Crippen molar-refractivity contribution in [3.05, 3.63) is 101 Å². The fraction of sp³-hybridized carbons (Fsp3) is 0.130. The summed E-state index contributed by atoms with van der Waals surface area (Å²) in [7, 11) is 0. The Morgan fingerprint density at radius 1 is 0.900 bits per heavy atom. The highest BCUT2D eigenvalue weighted by Crippen LogP contribution is 2.16. The number of rotatable bonds is 8. The van der Waals surface area contributed by atoms with E-state index in [0.717, 1.165) is 5.56 Å². The maximum absolute atomic E-state index is 13.5. The van der Waals surface area contributed by atoms with E-state index in [9.17, 15) is 18.4 Å². The smallest absolute Gasteiger partial charge is 0.338 e. The number of carbonyl (C=O) groups is 2. The Hall–Kier alpha value is -3.74. The van der Waals surface area contributed by atoms with Crippen LogP contribution in [0, 0.1) is 11.6 Å². The van der Waals surface area contributed by atoms with Crippen LogP contribution in [0.2, 0.25) is 0 Å². The SMILES string of the molecule is O=C(COC(=O)c1cccc(OCc2ccc(F)cc2)c1)NCc1ccccc1F. The summed E-state index contributed by atoms with van der Waals surface area (Å²) >= 11 is 0. The van der Waals surface area contributed by atoms with Gasteiger partial charge in [-0.3, -0.25) is 4.79 Å². The van der Waals surface area contributed by atoms with Crippen molar-refractivity contribution in [2.24, 2.45) is 0 Å². The lowest BCUT2D eigenvalue weighted by molar-refractivity contribution is -0.124. The van der Waals surface area contributed by atoms with Gasteiger partial charge in [0.2, 0.25) is 0 Å². The number of benzene rings is 3. The van der Waals surface area contributed by atoms with E-state index in [2.05, 4.69) is 5.32 Å². The highest BCUT2D eigenvalue weighted by molar-refractivity contribution is 5.91. The van der Waals surface area contributed by atoms with Gasteiger partial charge >= 0.3 is 5.97 Å². The number of esters is 1. The molecule has 0 saturated heterocycles. The number of nitrogens with one attached hydrogen (secondary N) is 1. The molecule has 3 rings (SSSR count). The highest BCUT2D eigenvalue weighted by Gasteiger charge is 2.12. The van der Waals surface area contributed by atoms with E-state index >= 15 is 0 Å². The van der Waals surface area contributed by atoms with Crippen LogP contribution in [0.25, 0.3) is 0 Å². The second kappa shape index (κ2) is 10.2. The number of carbonyl (C=O) groups excluding carboxylic acids is 2. The molecule has 0 fully saturated rings. The van der Waals surface area contributed by atoms with Crippen molar-refractivity contribution in [1.82, 2.24) is 5.32 Å². The quantitative estimate of drug-likeness (QED) is 0.569. The molecule has 0 aliphatic heterocycles. The summed E-state index contributed by atoms with van der Waals surface area (Å²) in [5, 5.41) is 2.49. The maximum atomic E-state index is 13.5. The summed E-state index contributed by atoms with van der Waals surface area (Å²) in [4.78, 5) is 24.0. The van der Waals surface area contributed by atoms with E-state index in [1.165, 1.54) is 30.3 Å². The second-order valence-corrected chi connectivity index (χ2v) is 6.39. The van der Waals surface area contributed by atoms with Gasteiger partial charge in [0, 0.05) is 12.1 Å². The first-order valence-electron chi connectivity index (χ1n) is 9.16. The molecule has 1 N–H and O–H groups in total. The van der Waals surface area contributed by atoms with Crippen LogP contribution in [0.15, 0.2) is 72.8 Å². The molecule has 1 amide bonds. The number of hydrogen-bond donors (Lipinski definition) is 1. The molecule has 30 heavy (non-hydrogen) atoms.